The second-order valence-corrected chi connectivity index (χ2v) is 13.1. The predicted molar refractivity (Wildman–Crippen MR) is 120 cm³/mol. The number of hydrogen-bond donors (Lipinski definition) is 2. The highest BCUT2D eigenvalue weighted by Gasteiger charge is 2.62. The minimum atomic E-state index is -0.181. The monoisotopic (exact) mass is 415 g/mol. The molecular formula is C27H45NO2. The van der Waals surface area contributed by atoms with Crippen molar-refractivity contribution >= 4 is 0 Å². The number of aliphatic hydroxyl groups is 2. The molecule has 6 fully saturated rings. The van der Waals surface area contributed by atoms with Crippen molar-refractivity contribution < 1.29 is 10.2 Å². The number of aliphatic hydroxyl groups excluding tert-OH is 2. The molecule has 2 N–H and O–H groups in total. The summed E-state index contributed by atoms with van der Waals surface area (Å²) in [5.74, 6) is 7.22. The molecule has 0 aromatic carbocycles. The van der Waals surface area contributed by atoms with E-state index in [1.807, 2.05) is 0 Å². The first-order valence-electron chi connectivity index (χ1n) is 13.5. The van der Waals surface area contributed by atoms with Gasteiger partial charge in [-0.2, -0.15) is 0 Å². The van der Waals surface area contributed by atoms with Crippen LogP contribution in [0.4, 0.5) is 0 Å². The first-order chi connectivity index (χ1) is 14.4. The Hall–Kier alpha value is -0.120. The SMILES string of the molecule is C[C@H]1CC[C@H]2[C@H](C)[C@@H]3CC[C@@H]4[C@@H](C[C@H]5[C@H]4C[C@@H](O)[C@H]4CC(O)CC[C@@]45C)[C@@H]3CN2C1. The van der Waals surface area contributed by atoms with Crippen LogP contribution in [0.15, 0.2) is 0 Å². The molecule has 2 saturated heterocycles. The molecule has 3 heteroatoms. The van der Waals surface area contributed by atoms with E-state index in [-0.39, 0.29) is 17.6 Å². The zero-order chi connectivity index (χ0) is 20.8. The van der Waals surface area contributed by atoms with Crippen LogP contribution in [0.3, 0.4) is 0 Å². The number of piperidine rings is 2. The maximum atomic E-state index is 11.2. The van der Waals surface area contributed by atoms with Crippen LogP contribution in [-0.2, 0) is 0 Å². The number of nitrogens with zero attached hydrogens (tertiary/aromatic N) is 1. The number of rotatable bonds is 0. The summed E-state index contributed by atoms with van der Waals surface area (Å²) in [7, 11) is 0. The summed E-state index contributed by atoms with van der Waals surface area (Å²) < 4.78 is 0. The molecule has 30 heavy (non-hydrogen) atoms. The van der Waals surface area contributed by atoms with Crippen LogP contribution in [0, 0.1) is 58.7 Å². The first-order valence-corrected chi connectivity index (χ1v) is 13.5. The van der Waals surface area contributed by atoms with E-state index in [1.165, 1.54) is 45.2 Å². The molecule has 0 aromatic heterocycles. The summed E-state index contributed by atoms with van der Waals surface area (Å²) >= 11 is 0. The fraction of sp³-hybridized carbons (Fsp3) is 1.00. The predicted octanol–water partition coefficient (Wildman–Crippen LogP) is 4.56. The van der Waals surface area contributed by atoms with Gasteiger partial charge in [0.15, 0.2) is 0 Å². The second-order valence-electron chi connectivity index (χ2n) is 13.1. The van der Waals surface area contributed by atoms with E-state index >= 15 is 0 Å². The van der Waals surface area contributed by atoms with Crippen LogP contribution >= 0.6 is 0 Å². The van der Waals surface area contributed by atoms with Crippen molar-refractivity contribution in [2.45, 2.75) is 96.8 Å². The molecule has 6 rings (SSSR count). The highest BCUT2D eigenvalue weighted by atomic mass is 16.3. The van der Waals surface area contributed by atoms with Crippen molar-refractivity contribution in [3.8, 4) is 0 Å². The molecule has 170 valence electrons. The van der Waals surface area contributed by atoms with Gasteiger partial charge in [0.05, 0.1) is 12.2 Å². The maximum Gasteiger partial charge on any atom is 0.0577 e. The molecule has 0 aromatic rings. The van der Waals surface area contributed by atoms with Gasteiger partial charge in [-0.1, -0.05) is 20.8 Å². The van der Waals surface area contributed by atoms with Gasteiger partial charge in [0.1, 0.15) is 0 Å². The van der Waals surface area contributed by atoms with Crippen molar-refractivity contribution in [3.63, 3.8) is 0 Å². The van der Waals surface area contributed by atoms with Gasteiger partial charge >= 0.3 is 0 Å². The normalized spacial score (nSPS) is 60.7. The van der Waals surface area contributed by atoms with Crippen molar-refractivity contribution in [1.29, 1.82) is 0 Å². The molecule has 0 spiro atoms. The number of hydrogen-bond acceptors (Lipinski definition) is 3. The highest BCUT2D eigenvalue weighted by Crippen LogP contribution is 2.67. The van der Waals surface area contributed by atoms with E-state index in [0.717, 1.165) is 79.1 Å². The summed E-state index contributed by atoms with van der Waals surface area (Å²) in [5.41, 5.74) is 0.261. The van der Waals surface area contributed by atoms with Gasteiger partial charge in [0.2, 0.25) is 0 Å². The Labute approximate surface area is 184 Å². The van der Waals surface area contributed by atoms with Crippen LogP contribution in [0.5, 0.6) is 0 Å². The van der Waals surface area contributed by atoms with Crippen molar-refractivity contribution in [3.05, 3.63) is 0 Å². The van der Waals surface area contributed by atoms with E-state index in [0.29, 0.717) is 5.92 Å². The lowest BCUT2D eigenvalue weighted by Crippen LogP contribution is -2.58. The fourth-order valence-electron chi connectivity index (χ4n) is 10.6. The smallest absolute Gasteiger partial charge is 0.0577 e. The van der Waals surface area contributed by atoms with E-state index in [1.54, 1.807) is 0 Å². The Bertz CT molecular complexity index is 665. The summed E-state index contributed by atoms with van der Waals surface area (Å²) in [6.45, 7) is 10.3. The van der Waals surface area contributed by atoms with Gasteiger partial charge in [-0.3, -0.25) is 4.90 Å². The Balaban J connectivity index is 1.28. The molecule has 0 amide bonds. The third-order valence-electron chi connectivity index (χ3n) is 12.0. The molecule has 13 atom stereocenters. The molecule has 4 aliphatic carbocycles. The zero-order valence-electron chi connectivity index (χ0n) is 19.5. The lowest BCUT2D eigenvalue weighted by molar-refractivity contribution is -0.130. The minimum absolute atomic E-state index is 0.180. The van der Waals surface area contributed by atoms with Gasteiger partial charge in [-0.05, 0) is 116 Å². The van der Waals surface area contributed by atoms with E-state index < -0.39 is 0 Å². The Kier molecular flexibility index (Phi) is 4.91. The minimum Gasteiger partial charge on any atom is -0.393 e. The van der Waals surface area contributed by atoms with Crippen molar-refractivity contribution in [2.75, 3.05) is 13.1 Å². The Morgan fingerprint density at radius 1 is 0.733 bits per heavy atom. The van der Waals surface area contributed by atoms with Gasteiger partial charge in [-0.25, -0.2) is 0 Å². The molecule has 0 radical (unpaired) electrons. The first kappa shape index (κ1) is 20.5. The van der Waals surface area contributed by atoms with Gasteiger partial charge in [-0.15, -0.1) is 0 Å². The van der Waals surface area contributed by atoms with Crippen LogP contribution in [-0.4, -0.2) is 46.5 Å². The van der Waals surface area contributed by atoms with Gasteiger partial charge in [0, 0.05) is 19.1 Å². The lowest BCUT2D eigenvalue weighted by atomic mass is 9.51. The van der Waals surface area contributed by atoms with Crippen LogP contribution < -0.4 is 0 Å². The lowest BCUT2D eigenvalue weighted by Gasteiger charge is -2.56. The average molecular weight is 416 g/mol. The largest absolute Gasteiger partial charge is 0.393 e. The molecule has 3 nitrogen and oxygen atoms in total. The van der Waals surface area contributed by atoms with Crippen molar-refractivity contribution in [1.82, 2.24) is 4.90 Å². The second kappa shape index (κ2) is 7.19. The Morgan fingerprint density at radius 3 is 2.37 bits per heavy atom. The fourth-order valence-corrected chi connectivity index (χ4v) is 10.6. The molecule has 4 saturated carbocycles. The van der Waals surface area contributed by atoms with E-state index in [4.69, 9.17) is 0 Å². The third-order valence-corrected chi connectivity index (χ3v) is 12.0. The van der Waals surface area contributed by atoms with Crippen molar-refractivity contribution in [2.24, 2.45) is 58.7 Å². The van der Waals surface area contributed by atoms with E-state index in [9.17, 15) is 10.2 Å². The summed E-state index contributed by atoms with van der Waals surface area (Å²) in [6.07, 6.45) is 10.7. The summed E-state index contributed by atoms with van der Waals surface area (Å²) in [4.78, 5) is 2.92. The standard InChI is InChI=1S/C27H45NO2/c1-15-4-7-25-16(2)18-5-6-19-20(22(18)14-28(25)13-15)11-23-21(19)12-26(30)24-10-17(29)8-9-27(23,24)3/h15-26,29-30H,4-14H2,1-3H3/t15-,16+,17?,18-,19+,20+,21-,22+,23-,24+,25-,26+,27+/m0/s1. The third kappa shape index (κ3) is 2.86. The average Bonchev–Trinajstić information content (AvgIpc) is 3.09. The van der Waals surface area contributed by atoms with Gasteiger partial charge < -0.3 is 10.2 Å². The topological polar surface area (TPSA) is 43.7 Å². The molecule has 1 unspecified atom stereocenters. The number of fused-ring (bicyclic) bond motifs is 8. The van der Waals surface area contributed by atoms with Crippen LogP contribution in [0.2, 0.25) is 0 Å². The highest BCUT2D eigenvalue weighted by molar-refractivity contribution is 5.12. The van der Waals surface area contributed by atoms with Crippen LogP contribution in [0.25, 0.3) is 0 Å². The quantitative estimate of drug-likeness (QED) is 0.609. The van der Waals surface area contributed by atoms with Crippen LogP contribution in [0.1, 0.15) is 78.6 Å². The molecule has 6 aliphatic rings. The molecule has 0 bridgehead atoms. The molecule has 2 aliphatic heterocycles. The summed E-state index contributed by atoms with van der Waals surface area (Å²) in [6, 6.07) is 0.853. The van der Waals surface area contributed by atoms with E-state index in [2.05, 4.69) is 25.7 Å². The summed E-state index contributed by atoms with van der Waals surface area (Å²) in [5, 5.41) is 21.5. The van der Waals surface area contributed by atoms with Gasteiger partial charge in [0.25, 0.3) is 0 Å². The molecular weight excluding hydrogens is 370 g/mol. The maximum absolute atomic E-state index is 11.2. The zero-order valence-corrected chi connectivity index (χ0v) is 19.5. The Morgan fingerprint density at radius 2 is 1.53 bits per heavy atom. The molecule has 2 heterocycles.